The van der Waals surface area contributed by atoms with Crippen molar-refractivity contribution in [1.29, 1.82) is 0 Å². The van der Waals surface area contributed by atoms with Gasteiger partial charge in [0.15, 0.2) is 0 Å². The first kappa shape index (κ1) is 42.0. The summed E-state index contributed by atoms with van der Waals surface area (Å²) in [5.74, 6) is -7.66. The highest BCUT2D eigenvalue weighted by Gasteiger charge is 2.45. The Morgan fingerprint density at radius 2 is 1.40 bits per heavy atom. The Bertz CT molecular complexity index is 1200. The van der Waals surface area contributed by atoms with Gasteiger partial charge in [0, 0.05) is 51.4 Å². The van der Waals surface area contributed by atoms with E-state index in [1.165, 1.54) is 5.56 Å². The van der Waals surface area contributed by atoms with Gasteiger partial charge in [-0.3, -0.25) is 14.9 Å². The molecule has 2 fully saturated rings. The van der Waals surface area contributed by atoms with E-state index in [0.717, 1.165) is 64.2 Å². The number of rotatable bonds is 7. The van der Waals surface area contributed by atoms with Gasteiger partial charge < -0.3 is 24.8 Å². The molecule has 2 aliphatic heterocycles. The minimum Gasteiger partial charge on any atom is -0.475 e. The molecule has 2 aromatic rings. The van der Waals surface area contributed by atoms with Crippen molar-refractivity contribution in [3.63, 3.8) is 0 Å². The number of halogens is 9. The number of aliphatic carboxylic acids is 3. The normalized spacial score (nSPS) is 17.5. The van der Waals surface area contributed by atoms with Crippen molar-refractivity contribution in [3.05, 3.63) is 60.2 Å². The van der Waals surface area contributed by atoms with E-state index in [9.17, 15) is 39.5 Å². The molecule has 2 aliphatic rings. The predicted octanol–water partition coefficient (Wildman–Crippen LogP) is 5.35. The summed E-state index contributed by atoms with van der Waals surface area (Å²) in [7, 11) is 0. The third-order valence-corrected chi connectivity index (χ3v) is 6.75. The number of aromatic nitrogens is 2. The van der Waals surface area contributed by atoms with Crippen LogP contribution >= 0.6 is 0 Å². The van der Waals surface area contributed by atoms with Gasteiger partial charge in [-0.05, 0) is 55.4 Å². The Labute approximate surface area is 267 Å². The number of likely N-dealkylation sites (tertiary alicyclic amines) is 1. The van der Waals surface area contributed by atoms with E-state index in [4.69, 9.17) is 39.2 Å². The summed E-state index contributed by atoms with van der Waals surface area (Å²) >= 11 is 0. The van der Waals surface area contributed by atoms with E-state index < -0.39 is 36.4 Å². The topological polar surface area (TPSA) is 159 Å². The van der Waals surface area contributed by atoms with Crippen LogP contribution in [-0.4, -0.2) is 98.5 Å². The molecule has 4 rings (SSSR count). The number of pyridine rings is 2. The van der Waals surface area contributed by atoms with Gasteiger partial charge in [0.25, 0.3) is 0 Å². The molecule has 0 aliphatic carbocycles. The Balaban J connectivity index is 0.000000448. The number of piperidine rings is 1. The van der Waals surface area contributed by atoms with Crippen molar-refractivity contribution >= 4 is 17.9 Å². The molecule has 20 heteroatoms. The standard InChI is InChI=1S/C22H29N3O2.3C2HF3O2/c1-2-11-24-21(5-1)18-26-14-6-20-7-15-27-22(20)8-12-25(13-9-22)17-19-4-3-10-23-16-19;3*3-2(4,5)1(6)7/h1-5,10-11,16,20H,6-9,12-15,17-18H2;3*(H,6,7). The minimum absolute atomic E-state index is 0.0692. The first-order valence-electron chi connectivity index (χ1n) is 13.8. The van der Waals surface area contributed by atoms with Crippen molar-refractivity contribution in [2.24, 2.45) is 5.92 Å². The fourth-order valence-corrected chi connectivity index (χ4v) is 4.47. The van der Waals surface area contributed by atoms with Gasteiger partial charge in [-0.15, -0.1) is 0 Å². The van der Waals surface area contributed by atoms with Gasteiger partial charge in [0.2, 0.25) is 0 Å². The molecule has 1 unspecified atom stereocenters. The van der Waals surface area contributed by atoms with Crippen LogP contribution in [0.25, 0.3) is 0 Å². The number of nitrogens with zero attached hydrogens (tertiary/aromatic N) is 3. The second kappa shape index (κ2) is 19.1. The van der Waals surface area contributed by atoms with Crippen LogP contribution in [0.2, 0.25) is 0 Å². The van der Waals surface area contributed by atoms with Gasteiger partial charge >= 0.3 is 36.4 Å². The number of carboxylic acids is 3. The second-order valence-corrected chi connectivity index (χ2v) is 10.1. The number of carbonyl (C=O) groups is 3. The number of carboxylic acid groups (broad SMARTS) is 3. The molecule has 0 aromatic carbocycles. The molecular weight excluding hydrogens is 677 g/mol. The van der Waals surface area contributed by atoms with Gasteiger partial charge in [-0.2, -0.15) is 39.5 Å². The van der Waals surface area contributed by atoms with E-state index in [1.54, 1.807) is 0 Å². The fraction of sp³-hybridized carbons (Fsp3) is 0.536. The molecule has 2 aromatic heterocycles. The van der Waals surface area contributed by atoms with E-state index >= 15 is 0 Å². The molecule has 3 N–H and O–H groups in total. The molecule has 0 bridgehead atoms. The minimum atomic E-state index is -5.08. The summed E-state index contributed by atoms with van der Waals surface area (Å²) in [6.07, 6.45) is -5.14. The maximum absolute atomic E-state index is 10.6. The summed E-state index contributed by atoms with van der Waals surface area (Å²) in [6.45, 7) is 5.46. The van der Waals surface area contributed by atoms with E-state index in [2.05, 4.69) is 20.9 Å². The van der Waals surface area contributed by atoms with Crippen LogP contribution in [0.5, 0.6) is 0 Å². The summed E-state index contributed by atoms with van der Waals surface area (Å²) in [4.78, 5) is 37.8. The molecule has 4 heterocycles. The third kappa shape index (κ3) is 16.2. The molecule has 2 saturated heterocycles. The van der Waals surface area contributed by atoms with Crippen molar-refractivity contribution in [2.75, 3.05) is 26.3 Å². The van der Waals surface area contributed by atoms with Gasteiger partial charge in [0.05, 0.1) is 17.9 Å². The number of ether oxygens (including phenoxy) is 2. The highest BCUT2D eigenvalue weighted by atomic mass is 19.4. The first-order chi connectivity index (χ1) is 22.2. The summed E-state index contributed by atoms with van der Waals surface area (Å²) in [5, 5.41) is 21.4. The molecule has 0 radical (unpaired) electrons. The fourth-order valence-electron chi connectivity index (χ4n) is 4.47. The Hall–Kier alpha value is -4.04. The van der Waals surface area contributed by atoms with Crippen molar-refractivity contribution in [3.8, 4) is 0 Å². The Kier molecular flexibility index (Phi) is 16.7. The first-order valence-corrected chi connectivity index (χ1v) is 13.8. The van der Waals surface area contributed by atoms with Crippen molar-refractivity contribution < 1.29 is 78.7 Å². The van der Waals surface area contributed by atoms with Crippen LogP contribution in [0.3, 0.4) is 0 Å². The van der Waals surface area contributed by atoms with Crippen LogP contribution in [0.4, 0.5) is 39.5 Å². The quantitative estimate of drug-likeness (QED) is 0.251. The zero-order chi connectivity index (χ0) is 36.6. The second-order valence-electron chi connectivity index (χ2n) is 10.1. The molecule has 270 valence electrons. The lowest BCUT2D eigenvalue weighted by Gasteiger charge is -2.42. The lowest BCUT2D eigenvalue weighted by atomic mass is 9.78. The van der Waals surface area contributed by atoms with Crippen LogP contribution in [-0.2, 0) is 37.0 Å². The molecule has 48 heavy (non-hydrogen) atoms. The molecular formula is C28H32F9N3O8. The maximum atomic E-state index is 10.6. The molecule has 11 nitrogen and oxygen atoms in total. The lowest BCUT2D eigenvalue weighted by Crippen LogP contribution is -2.47. The van der Waals surface area contributed by atoms with Gasteiger partial charge in [0.1, 0.15) is 0 Å². The molecule has 1 atom stereocenters. The van der Waals surface area contributed by atoms with E-state index in [-0.39, 0.29) is 5.60 Å². The monoisotopic (exact) mass is 709 g/mol. The number of hydrogen-bond donors (Lipinski definition) is 3. The zero-order valence-corrected chi connectivity index (χ0v) is 24.9. The van der Waals surface area contributed by atoms with E-state index in [1.807, 2.05) is 42.9 Å². The van der Waals surface area contributed by atoms with Crippen molar-refractivity contribution in [1.82, 2.24) is 14.9 Å². The predicted molar refractivity (Wildman–Crippen MR) is 145 cm³/mol. The average molecular weight is 710 g/mol. The summed E-state index contributed by atoms with van der Waals surface area (Å²) in [6, 6.07) is 10.1. The largest absolute Gasteiger partial charge is 0.490 e. The van der Waals surface area contributed by atoms with Crippen LogP contribution in [0.1, 0.15) is 36.9 Å². The highest BCUT2D eigenvalue weighted by Crippen LogP contribution is 2.42. The highest BCUT2D eigenvalue weighted by molar-refractivity contribution is 5.73. The summed E-state index contributed by atoms with van der Waals surface area (Å²) < 4.78 is 107. The Morgan fingerprint density at radius 1 is 0.854 bits per heavy atom. The molecule has 0 saturated carbocycles. The van der Waals surface area contributed by atoms with Crippen LogP contribution < -0.4 is 0 Å². The maximum Gasteiger partial charge on any atom is 0.490 e. The lowest BCUT2D eigenvalue weighted by molar-refractivity contribution is -0.193. The molecule has 0 amide bonds. The Morgan fingerprint density at radius 3 is 1.83 bits per heavy atom. The van der Waals surface area contributed by atoms with Gasteiger partial charge in [-0.1, -0.05) is 12.1 Å². The van der Waals surface area contributed by atoms with Gasteiger partial charge in [-0.25, -0.2) is 14.4 Å². The van der Waals surface area contributed by atoms with Crippen molar-refractivity contribution in [2.45, 2.75) is 63.0 Å². The number of hydrogen-bond acceptors (Lipinski definition) is 8. The summed E-state index contributed by atoms with van der Waals surface area (Å²) in [5.41, 5.74) is 2.36. The van der Waals surface area contributed by atoms with E-state index in [0.29, 0.717) is 12.5 Å². The van der Waals surface area contributed by atoms with Crippen LogP contribution in [0, 0.1) is 5.92 Å². The molecule has 1 spiro atoms. The zero-order valence-electron chi connectivity index (χ0n) is 24.9. The average Bonchev–Trinajstić information content (AvgIpc) is 3.38. The van der Waals surface area contributed by atoms with Crippen LogP contribution in [0.15, 0.2) is 48.9 Å². The third-order valence-electron chi connectivity index (χ3n) is 6.75. The smallest absolute Gasteiger partial charge is 0.475 e. The SMILES string of the molecule is O=C(O)C(F)(F)F.O=C(O)C(F)(F)F.O=C(O)C(F)(F)F.c1ccc(COCCC2CCOC23CCN(Cc2cccnc2)CC3)nc1. The number of alkyl halides is 9.